The van der Waals surface area contributed by atoms with Crippen LogP contribution in [0, 0.1) is 3.57 Å². The van der Waals surface area contributed by atoms with E-state index < -0.39 is 0 Å². The highest BCUT2D eigenvalue weighted by Gasteiger charge is 2.03. The van der Waals surface area contributed by atoms with E-state index in [9.17, 15) is 0 Å². The Labute approximate surface area is 118 Å². The molecule has 0 aliphatic carbocycles. The van der Waals surface area contributed by atoms with E-state index in [1.807, 2.05) is 42.5 Å². The minimum absolute atomic E-state index is 0.760. The Bertz CT molecular complexity index is 516. The quantitative estimate of drug-likeness (QED) is 0.621. The van der Waals surface area contributed by atoms with Crippen LogP contribution in [0.1, 0.15) is 0 Å². The number of hydrogen-bond acceptors (Lipinski definition) is 2. The van der Waals surface area contributed by atoms with Crippen LogP contribution in [0.5, 0.6) is 0 Å². The van der Waals surface area contributed by atoms with Gasteiger partial charge in [0.15, 0.2) is 0 Å². The van der Waals surface area contributed by atoms with Gasteiger partial charge in [0, 0.05) is 24.1 Å². The van der Waals surface area contributed by atoms with Gasteiger partial charge in [0.05, 0.1) is 0 Å². The minimum Gasteiger partial charge on any atom is -0.399 e. The van der Waals surface area contributed by atoms with Crippen LogP contribution >= 0.6 is 46.0 Å². The number of rotatable bonds is 2. The van der Waals surface area contributed by atoms with Crippen LogP contribution in [0.25, 0.3) is 0 Å². The van der Waals surface area contributed by atoms with Crippen LogP contribution in [0.2, 0.25) is 5.02 Å². The molecule has 0 spiro atoms. The topological polar surface area (TPSA) is 26.0 Å². The van der Waals surface area contributed by atoms with Crippen LogP contribution in [0.3, 0.4) is 0 Å². The normalized spacial score (nSPS) is 10.4. The van der Waals surface area contributed by atoms with Gasteiger partial charge in [-0.25, -0.2) is 0 Å². The summed E-state index contributed by atoms with van der Waals surface area (Å²) in [6.07, 6.45) is 0. The van der Waals surface area contributed by atoms with Gasteiger partial charge in [-0.3, -0.25) is 0 Å². The van der Waals surface area contributed by atoms with Crippen molar-refractivity contribution in [2.45, 2.75) is 9.79 Å². The van der Waals surface area contributed by atoms with Crippen molar-refractivity contribution in [3.63, 3.8) is 0 Å². The highest BCUT2D eigenvalue weighted by Crippen LogP contribution is 2.33. The zero-order valence-corrected chi connectivity index (χ0v) is 12.0. The van der Waals surface area contributed by atoms with Gasteiger partial charge in [-0.05, 0) is 59.0 Å². The van der Waals surface area contributed by atoms with Gasteiger partial charge in [0.25, 0.3) is 0 Å². The molecule has 2 aromatic carbocycles. The van der Waals surface area contributed by atoms with Crippen LogP contribution in [-0.4, -0.2) is 0 Å². The zero-order valence-electron chi connectivity index (χ0n) is 8.28. The van der Waals surface area contributed by atoms with Crippen molar-refractivity contribution in [3.8, 4) is 0 Å². The molecule has 0 saturated carbocycles. The number of hydrogen-bond donors (Lipinski definition) is 1. The summed E-state index contributed by atoms with van der Waals surface area (Å²) in [4.78, 5) is 2.33. The Morgan fingerprint density at radius 2 is 1.94 bits per heavy atom. The third kappa shape index (κ3) is 3.06. The summed E-state index contributed by atoms with van der Waals surface area (Å²) >= 11 is 9.92. The maximum Gasteiger partial charge on any atom is 0.0417 e. The van der Waals surface area contributed by atoms with E-state index in [4.69, 9.17) is 17.3 Å². The molecule has 0 bridgehead atoms. The molecule has 0 aliphatic rings. The molecule has 16 heavy (non-hydrogen) atoms. The molecule has 2 aromatic rings. The van der Waals surface area contributed by atoms with E-state index in [2.05, 4.69) is 22.6 Å². The molecular weight excluding hydrogens is 353 g/mol. The maximum absolute atomic E-state index is 5.94. The Hall–Kier alpha value is -0.390. The molecule has 0 radical (unpaired) electrons. The number of anilines is 1. The second-order valence-electron chi connectivity index (χ2n) is 3.25. The molecule has 4 heteroatoms. The molecule has 82 valence electrons. The number of benzene rings is 2. The molecule has 0 amide bonds. The summed E-state index contributed by atoms with van der Waals surface area (Å²) in [6, 6.07) is 13.7. The lowest BCUT2D eigenvalue weighted by Gasteiger charge is -2.05. The summed E-state index contributed by atoms with van der Waals surface area (Å²) in [5, 5.41) is 0.760. The highest BCUT2D eigenvalue weighted by molar-refractivity contribution is 14.1. The summed E-state index contributed by atoms with van der Waals surface area (Å²) in [6.45, 7) is 0. The summed E-state index contributed by atoms with van der Waals surface area (Å²) in [7, 11) is 0. The first kappa shape index (κ1) is 12.1. The van der Waals surface area contributed by atoms with Crippen molar-refractivity contribution in [1.82, 2.24) is 0 Å². The van der Waals surface area contributed by atoms with Crippen molar-refractivity contribution >= 4 is 51.6 Å². The van der Waals surface area contributed by atoms with Crippen molar-refractivity contribution in [2.24, 2.45) is 0 Å². The fourth-order valence-corrected chi connectivity index (χ4v) is 3.26. The first-order valence-corrected chi connectivity index (χ1v) is 6.91. The first-order chi connectivity index (χ1) is 7.65. The van der Waals surface area contributed by atoms with Crippen LogP contribution in [0.4, 0.5) is 5.69 Å². The standard InChI is InChI=1S/C12H9ClINS/c13-8-2-1-3-10(6-8)16-12-5-4-9(15)7-11(12)14/h1-7H,15H2. The van der Waals surface area contributed by atoms with E-state index in [0.717, 1.165) is 19.2 Å². The van der Waals surface area contributed by atoms with E-state index >= 15 is 0 Å². The number of halogens is 2. The fraction of sp³-hybridized carbons (Fsp3) is 0. The van der Waals surface area contributed by atoms with Crippen LogP contribution in [0.15, 0.2) is 52.3 Å². The Balaban J connectivity index is 2.27. The Morgan fingerprint density at radius 3 is 2.62 bits per heavy atom. The lowest BCUT2D eigenvalue weighted by Crippen LogP contribution is -1.86. The molecule has 0 aromatic heterocycles. The second-order valence-corrected chi connectivity index (χ2v) is 5.96. The SMILES string of the molecule is Nc1ccc(Sc2cccc(Cl)c2)c(I)c1. The monoisotopic (exact) mass is 361 g/mol. The third-order valence-electron chi connectivity index (χ3n) is 1.98. The molecule has 0 aliphatic heterocycles. The maximum atomic E-state index is 5.94. The van der Waals surface area contributed by atoms with Crippen LogP contribution < -0.4 is 5.73 Å². The molecule has 0 heterocycles. The van der Waals surface area contributed by atoms with Crippen molar-refractivity contribution < 1.29 is 0 Å². The predicted octanol–water partition coefficient (Wildman–Crippen LogP) is 4.68. The van der Waals surface area contributed by atoms with Crippen molar-refractivity contribution in [2.75, 3.05) is 5.73 Å². The van der Waals surface area contributed by atoms with Gasteiger partial charge in [-0.15, -0.1) is 0 Å². The Kier molecular flexibility index (Phi) is 4.00. The molecule has 1 nitrogen and oxygen atoms in total. The molecule has 2 N–H and O–H groups in total. The van der Waals surface area contributed by atoms with Crippen molar-refractivity contribution in [3.05, 3.63) is 51.1 Å². The molecule has 2 rings (SSSR count). The van der Waals surface area contributed by atoms with E-state index in [-0.39, 0.29) is 0 Å². The molecule has 0 saturated heterocycles. The molecular formula is C12H9ClINS. The lowest BCUT2D eigenvalue weighted by atomic mass is 10.3. The predicted molar refractivity (Wildman–Crippen MR) is 79.1 cm³/mol. The average Bonchev–Trinajstić information content (AvgIpc) is 2.22. The van der Waals surface area contributed by atoms with E-state index in [1.165, 1.54) is 4.90 Å². The highest BCUT2D eigenvalue weighted by atomic mass is 127. The van der Waals surface area contributed by atoms with Gasteiger partial charge in [-0.2, -0.15) is 0 Å². The molecule has 0 fully saturated rings. The third-order valence-corrected chi connectivity index (χ3v) is 4.54. The smallest absolute Gasteiger partial charge is 0.0417 e. The first-order valence-electron chi connectivity index (χ1n) is 4.63. The lowest BCUT2D eigenvalue weighted by molar-refractivity contribution is 1.37. The van der Waals surface area contributed by atoms with Gasteiger partial charge >= 0.3 is 0 Å². The van der Waals surface area contributed by atoms with Crippen molar-refractivity contribution in [1.29, 1.82) is 0 Å². The largest absolute Gasteiger partial charge is 0.399 e. The average molecular weight is 362 g/mol. The Morgan fingerprint density at radius 1 is 1.12 bits per heavy atom. The van der Waals surface area contributed by atoms with Crippen LogP contribution in [-0.2, 0) is 0 Å². The van der Waals surface area contributed by atoms with Gasteiger partial charge < -0.3 is 5.73 Å². The summed E-state index contributed by atoms with van der Waals surface area (Å²) in [5.74, 6) is 0. The number of nitrogens with two attached hydrogens (primary N) is 1. The second kappa shape index (κ2) is 5.29. The van der Waals surface area contributed by atoms with E-state index in [1.54, 1.807) is 11.8 Å². The van der Waals surface area contributed by atoms with Gasteiger partial charge in [0.2, 0.25) is 0 Å². The zero-order chi connectivity index (χ0) is 11.5. The molecule has 0 unspecified atom stereocenters. The summed E-state index contributed by atoms with van der Waals surface area (Å²) < 4.78 is 1.16. The minimum atomic E-state index is 0.760. The van der Waals surface area contributed by atoms with Gasteiger partial charge in [-0.1, -0.05) is 29.4 Å². The number of nitrogen functional groups attached to an aromatic ring is 1. The van der Waals surface area contributed by atoms with E-state index in [0.29, 0.717) is 0 Å². The summed E-state index contributed by atoms with van der Waals surface area (Å²) in [5.41, 5.74) is 6.50. The van der Waals surface area contributed by atoms with Gasteiger partial charge in [0.1, 0.15) is 0 Å². The molecule has 0 atom stereocenters. The fourth-order valence-electron chi connectivity index (χ4n) is 1.26.